The van der Waals surface area contributed by atoms with Gasteiger partial charge in [-0.2, -0.15) is 0 Å². The molecule has 21 heavy (non-hydrogen) atoms. The first-order valence-electron chi connectivity index (χ1n) is 7.88. The van der Waals surface area contributed by atoms with Gasteiger partial charge in [0.05, 0.1) is 13.7 Å². The molecule has 2 rings (SSSR count). The van der Waals surface area contributed by atoms with Crippen LogP contribution in [0.1, 0.15) is 31.4 Å². The third kappa shape index (κ3) is 4.99. The molecular formula is C17H28N2O2. The molecule has 1 aromatic carbocycles. The van der Waals surface area contributed by atoms with Gasteiger partial charge in [0.15, 0.2) is 0 Å². The van der Waals surface area contributed by atoms with E-state index in [0.717, 1.165) is 38.0 Å². The average molecular weight is 292 g/mol. The summed E-state index contributed by atoms with van der Waals surface area (Å²) in [7, 11) is 3.49. The molecule has 1 fully saturated rings. The van der Waals surface area contributed by atoms with E-state index < -0.39 is 0 Å². The summed E-state index contributed by atoms with van der Waals surface area (Å²) >= 11 is 0. The van der Waals surface area contributed by atoms with Crippen molar-refractivity contribution in [3.05, 3.63) is 29.8 Å². The van der Waals surface area contributed by atoms with Gasteiger partial charge in [-0.25, -0.2) is 0 Å². The van der Waals surface area contributed by atoms with Gasteiger partial charge in [-0.15, -0.1) is 0 Å². The normalized spacial score (nSPS) is 16.2. The topological polar surface area (TPSA) is 33.7 Å². The summed E-state index contributed by atoms with van der Waals surface area (Å²) in [4.78, 5) is 2.55. The van der Waals surface area contributed by atoms with Crippen molar-refractivity contribution in [2.24, 2.45) is 0 Å². The molecule has 1 N–H and O–H groups in total. The number of nitrogens with zero attached hydrogens (tertiary/aromatic N) is 1. The summed E-state index contributed by atoms with van der Waals surface area (Å²) in [6.07, 6.45) is 2.64. The Hall–Kier alpha value is -1.10. The van der Waals surface area contributed by atoms with E-state index >= 15 is 0 Å². The summed E-state index contributed by atoms with van der Waals surface area (Å²) in [6, 6.07) is 9.45. The van der Waals surface area contributed by atoms with Crippen LogP contribution in [-0.2, 0) is 4.74 Å². The lowest BCUT2D eigenvalue weighted by Gasteiger charge is -2.28. The maximum absolute atomic E-state index is 5.35. The van der Waals surface area contributed by atoms with Crippen LogP contribution in [0.3, 0.4) is 0 Å². The number of ether oxygens (including phenoxy) is 2. The van der Waals surface area contributed by atoms with Gasteiger partial charge in [0, 0.05) is 32.3 Å². The van der Waals surface area contributed by atoms with Crippen molar-refractivity contribution in [2.45, 2.75) is 31.8 Å². The summed E-state index contributed by atoms with van der Waals surface area (Å²) in [5, 5.41) is 3.60. The van der Waals surface area contributed by atoms with Crippen molar-refractivity contribution >= 4 is 0 Å². The monoisotopic (exact) mass is 292 g/mol. The molecule has 0 radical (unpaired) electrons. The van der Waals surface area contributed by atoms with Crippen LogP contribution < -0.4 is 10.1 Å². The molecule has 1 atom stereocenters. The molecule has 0 heterocycles. The molecule has 4 nitrogen and oxygen atoms in total. The highest BCUT2D eigenvalue weighted by atomic mass is 16.5. The largest absolute Gasteiger partial charge is 0.497 e. The Morgan fingerprint density at radius 3 is 2.76 bits per heavy atom. The first kappa shape index (κ1) is 16.3. The van der Waals surface area contributed by atoms with Crippen LogP contribution in [0, 0.1) is 0 Å². The number of hydrogen-bond acceptors (Lipinski definition) is 4. The van der Waals surface area contributed by atoms with E-state index in [9.17, 15) is 0 Å². The van der Waals surface area contributed by atoms with Crippen molar-refractivity contribution < 1.29 is 9.47 Å². The SMILES string of the molecule is CCNC(CN(CCOC)C1CC1)c1cccc(OC)c1. The second-order valence-electron chi connectivity index (χ2n) is 5.61. The lowest BCUT2D eigenvalue weighted by atomic mass is 10.1. The number of hydrogen-bond donors (Lipinski definition) is 1. The van der Waals surface area contributed by atoms with Gasteiger partial charge < -0.3 is 14.8 Å². The molecular weight excluding hydrogens is 264 g/mol. The van der Waals surface area contributed by atoms with Gasteiger partial charge >= 0.3 is 0 Å². The van der Waals surface area contributed by atoms with Crippen molar-refractivity contribution in [2.75, 3.05) is 40.5 Å². The molecule has 0 saturated heterocycles. The minimum Gasteiger partial charge on any atom is -0.497 e. The molecule has 0 bridgehead atoms. The van der Waals surface area contributed by atoms with E-state index in [1.165, 1.54) is 18.4 Å². The smallest absolute Gasteiger partial charge is 0.119 e. The van der Waals surface area contributed by atoms with Crippen LogP contribution in [0.15, 0.2) is 24.3 Å². The minimum atomic E-state index is 0.336. The molecule has 1 aromatic rings. The van der Waals surface area contributed by atoms with Gasteiger partial charge in [0.2, 0.25) is 0 Å². The van der Waals surface area contributed by atoms with E-state index in [1.54, 1.807) is 14.2 Å². The van der Waals surface area contributed by atoms with E-state index in [2.05, 4.69) is 35.3 Å². The van der Waals surface area contributed by atoms with Gasteiger partial charge in [0.25, 0.3) is 0 Å². The molecule has 0 spiro atoms. The quantitative estimate of drug-likeness (QED) is 0.718. The number of benzene rings is 1. The first-order chi connectivity index (χ1) is 10.3. The van der Waals surface area contributed by atoms with Crippen LogP contribution in [-0.4, -0.2) is 51.4 Å². The van der Waals surface area contributed by atoms with Crippen molar-refractivity contribution in [1.82, 2.24) is 10.2 Å². The summed E-state index contributed by atoms with van der Waals surface area (Å²) in [5.74, 6) is 0.922. The van der Waals surface area contributed by atoms with Crippen LogP contribution in [0.4, 0.5) is 0 Å². The van der Waals surface area contributed by atoms with Crippen molar-refractivity contribution in [1.29, 1.82) is 0 Å². The average Bonchev–Trinajstić information content (AvgIpc) is 3.35. The number of rotatable bonds is 10. The molecule has 0 aliphatic heterocycles. The predicted molar refractivity (Wildman–Crippen MR) is 85.9 cm³/mol. The van der Waals surface area contributed by atoms with Crippen molar-refractivity contribution in [3.8, 4) is 5.75 Å². The van der Waals surface area contributed by atoms with Gasteiger partial charge in [-0.05, 0) is 37.1 Å². The Morgan fingerprint density at radius 2 is 2.14 bits per heavy atom. The second kappa shape index (κ2) is 8.37. The molecule has 0 amide bonds. The van der Waals surface area contributed by atoms with Gasteiger partial charge in [-0.1, -0.05) is 19.1 Å². The standard InChI is InChI=1S/C17H28N2O2/c1-4-18-17(14-6-5-7-16(12-14)21-3)13-19(10-11-20-2)15-8-9-15/h5-7,12,15,17-18H,4,8-11,13H2,1-3H3. The van der Waals surface area contributed by atoms with Gasteiger partial charge in [0.1, 0.15) is 5.75 Å². The number of likely N-dealkylation sites (N-methyl/N-ethyl adjacent to an activating group) is 1. The molecule has 4 heteroatoms. The molecule has 1 aliphatic rings. The number of methoxy groups -OCH3 is 2. The highest BCUT2D eigenvalue weighted by molar-refractivity contribution is 5.30. The van der Waals surface area contributed by atoms with E-state index in [0.29, 0.717) is 6.04 Å². The Balaban J connectivity index is 2.05. The van der Waals surface area contributed by atoms with Crippen LogP contribution >= 0.6 is 0 Å². The summed E-state index contributed by atoms with van der Waals surface area (Å²) in [6.45, 7) is 5.95. The van der Waals surface area contributed by atoms with Crippen LogP contribution in [0.5, 0.6) is 5.75 Å². The highest BCUT2D eigenvalue weighted by Gasteiger charge is 2.30. The lowest BCUT2D eigenvalue weighted by Crippen LogP contribution is -2.38. The Labute approximate surface area is 128 Å². The Morgan fingerprint density at radius 1 is 1.33 bits per heavy atom. The minimum absolute atomic E-state index is 0.336. The van der Waals surface area contributed by atoms with Gasteiger partial charge in [-0.3, -0.25) is 4.90 Å². The maximum Gasteiger partial charge on any atom is 0.119 e. The third-order valence-corrected chi connectivity index (χ3v) is 4.01. The second-order valence-corrected chi connectivity index (χ2v) is 5.61. The van der Waals surface area contributed by atoms with Crippen LogP contribution in [0.2, 0.25) is 0 Å². The summed E-state index contributed by atoms with van der Waals surface area (Å²) < 4.78 is 10.6. The third-order valence-electron chi connectivity index (χ3n) is 4.01. The molecule has 1 saturated carbocycles. The van der Waals surface area contributed by atoms with E-state index in [4.69, 9.17) is 9.47 Å². The summed E-state index contributed by atoms with van der Waals surface area (Å²) in [5.41, 5.74) is 1.29. The predicted octanol–water partition coefficient (Wildman–Crippen LogP) is 2.46. The zero-order valence-electron chi connectivity index (χ0n) is 13.5. The van der Waals surface area contributed by atoms with E-state index in [-0.39, 0.29) is 0 Å². The molecule has 1 aliphatic carbocycles. The maximum atomic E-state index is 5.35. The lowest BCUT2D eigenvalue weighted by molar-refractivity contribution is 0.136. The Kier molecular flexibility index (Phi) is 6.49. The first-order valence-corrected chi connectivity index (χ1v) is 7.88. The van der Waals surface area contributed by atoms with E-state index in [1.807, 2.05) is 6.07 Å². The molecule has 0 aromatic heterocycles. The fraction of sp³-hybridized carbons (Fsp3) is 0.647. The molecule has 118 valence electrons. The Bertz CT molecular complexity index is 421. The highest BCUT2D eigenvalue weighted by Crippen LogP contribution is 2.29. The number of nitrogens with one attached hydrogen (secondary N) is 1. The zero-order valence-corrected chi connectivity index (χ0v) is 13.5. The fourth-order valence-corrected chi connectivity index (χ4v) is 2.70. The fourth-order valence-electron chi connectivity index (χ4n) is 2.70. The van der Waals surface area contributed by atoms with Crippen LogP contribution in [0.25, 0.3) is 0 Å². The van der Waals surface area contributed by atoms with Crippen molar-refractivity contribution in [3.63, 3.8) is 0 Å². The molecule has 1 unspecified atom stereocenters. The zero-order chi connectivity index (χ0) is 15.1.